The Hall–Kier alpha value is -1.36. The van der Waals surface area contributed by atoms with E-state index in [1.54, 1.807) is 6.07 Å². The summed E-state index contributed by atoms with van der Waals surface area (Å²) in [5.74, 6) is 0.0927. The standard InChI is InChI=1S/C13H13ClF3N3O2S2/c1-20(2)24(21,22)11-4-3-9(23-11)7-19-12-10(14)5-8(6-18-12)13(15,16)17/h3-6H,7H2,1-2H3,(H,18,19). The molecule has 0 atom stereocenters. The van der Waals surface area contributed by atoms with Gasteiger partial charge >= 0.3 is 6.18 Å². The molecule has 2 aromatic rings. The molecule has 2 heterocycles. The van der Waals surface area contributed by atoms with E-state index in [-0.39, 0.29) is 21.6 Å². The number of rotatable bonds is 5. The van der Waals surface area contributed by atoms with E-state index < -0.39 is 21.8 Å². The highest BCUT2D eigenvalue weighted by atomic mass is 35.5. The fourth-order valence-electron chi connectivity index (χ4n) is 1.67. The van der Waals surface area contributed by atoms with Crippen LogP contribution in [0.25, 0.3) is 0 Å². The molecule has 132 valence electrons. The fraction of sp³-hybridized carbons (Fsp3) is 0.308. The van der Waals surface area contributed by atoms with Crippen molar-refractivity contribution in [2.45, 2.75) is 16.9 Å². The first-order valence-corrected chi connectivity index (χ1v) is 9.13. The first kappa shape index (κ1) is 19.0. The smallest absolute Gasteiger partial charge is 0.364 e. The maximum atomic E-state index is 12.6. The first-order valence-electron chi connectivity index (χ1n) is 6.49. The molecule has 2 rings (SSSR count). The summed E-state index contributed by atoms with van der Waals surface area (Å²) in [7, 11) is -0.653. The van der Waals surface area contributed by atoms with Gasteiger partial charge in [0.2, 0.25) is 0 Å². The summed E-state index contributed by atoms with van der Waals surface area (Å²) in [6, 6.07) is 3.87. The Morgan fingerprint density at radius 3 is 2.54 bits per heavy atom. The van der Waals surface area contributed by atoms with Crippen LogP contribution in [0.2, 0.25) is 5.02 Å². The lowest BCUT2D eigenvalue weighted by Gasteiger charge is -2.10. The average Bonchev–Trinajstić information content (AvgIpc) is 2.94. The third-order valence-corrected chi connectivity index (χ3v) is 6.63. The molecule has 0 radical (unpaired) electrons. The predicted molar refractivity (Wildman–Crippen MR) is 86.8 cm³/mol. The van der Waals surface area contributed by atoms with Crippen LogP contribution < -0.4 is 5.32 Å². The predicted octanol–water partition coefficient (Wildman–Crippen LogP) is 3.68. The molecule has 5 nitrogen and oxygen atoms in total. The Morgan fingerprint density at radius 2 is 2.00 bits per heavy atom. The molecule has 24 heavy (non-hydrogen) atoms. The molecular formula is C13H13ClF3N3O2S2. The molecule has 0 saturated heterocycles. The van der Waals surface area contributed by atoms with Gasteiger partial charge in [0.15, 0.2) is 0 Å². The van der Waals surface area contributed by atoms with Gasteiger partial charge < -0.3 is 5.32 Å². The topological polar surface area (TPSA) is 62.3 Å². The summed E-state index contributed by atoms with van der Waals surface area (Å²) in [6.45, 7) is 0.186. The Labute approximate surface area is 146 Å². The molecule has 0 fully saturated rings. The van der Waals surface area contributed by atoms with Crippen LogP contribution in [-0.4, -0.2) is 31.8 Å². The molecule has 0 saturated carbocycles. The molecule has 0 aliphatic rings. The average molecular weight is 400 g/mol. The van der Waals surface area contributed by atoms with Crippen molar-refractivity contribution in [2.75, 3.05) is 19.4 Å². The van der Waals surface area contributed by atoms with Crippen molar-refractivity contribution in [2.24, 2.45) is 0 Å². The van der Waals surface area contributed by atoms with Crippen LogP contribution in [0.5, 0.6) is 0 Å². The molecule has 0 bridgehead atoms. The van der Waals surface area contributed by atoms with Crippen molar-refractivity contribution in [3.63, 3.8) is 0 Å². The van der Waals surface area contributed by atoms with Gasteiger partial charge in [-0.15, -0.1) is 11.3 Å². The van der Waals surface area contributed by atoms with Gasteiger partial charge in [-0.2, -0.15) is 13.2 Å². The SMILES string of the molecule is CN(C)S(=O)(=O)c1ccc(CNc2ncc(C(F)(F)F)cc2Cl)s1. The number of alkyl halides is 3. The van der Waals surface area contributed by atoms with Crippen LogP contribution >= 0.6 is 22.9 Å². The lowest BCUT2D eigenvalue weighted by Crippen LogP contribution is -2.21. The van der Waals surface area contributed by atoms with E-state index in [9.17, 15) is 21.6 Å². The molecule has 0 aliphatic carbocycles. The molecule has 0 unspecified atom stereocenters. The van der Waals surface area contributed by atoms with E-state index in [2.05, 4.69) is 10.3 Å². The lowest BCUT2D eigenvalue weighted by atomic mass is 10.3. The Morgan fingerprint density at radius 1 is 1.33 bits per heavy atom. The van der Waals surface area contributed by atoms with Crippen molar-refractivity contribution >= 4 is 38.8 Å². The summed E-state index contributed by atoms with van der Waals surface area (Å²) in [5, 5.41) is 2.63. The second-order valence-electron chi connectivity index (χ2n) is 4.91. The monoisotopic (exact) mass is 399 g/mol. The molecule has 1 N–H and O–H groups in total. The molecular weight excluding hydrogens is 387 g/mol. The van der Waals surface area contributed by atoms with Crippen LogP contribution in [0.3, 0.4) is 0 Å². The third kappa shape index (κ3) is 4.18. The van der Waals surface area contributed by atoms with Crippen LogP contribution in [0, 0.1) is 0 Å². The van der Waals surface area contributed by atoms with Crippen LogP contribution in [0.15, 0.2) is 28.6 Å². The van der Waals surface area contributed by atoms with Crippen LogP contribution in [0.1, 0.15) is 10.4 Å². The van der Waals surface area contributed by atoms with Gasteiger partial charge in [-0.1, -0.05) is 11.6 Å². The molecule has 0 spiro atoms. The number of hydrogen-bond acceptors (Lipinski definition) is 5. The third-order valence-electron chi connectivity index (χ3n) is 2.97. The number of aromatic nitrogens is 1. The Balaban J connectivity index is 2.11. The van der Waals surface area contributed by atoms with Crippen molar-refractivity contribution in [1.29, 1.82) is 0 Å². The van der Waals surface area contributed by atoms with E-state index >= 15 is 0 Å². The highest BCUT2D eigenvalue weighted by Gasteiger charge is 2.31. The summed E-state index contributed by atoms with van der Waals surface area (Å²) < 4.78 is 62.9. The minimum atomic E-state index is -4.52. The van der Waals surface area contributed by atoms with Gasteiger partial charge in [0.25, 0.3) is 10.0 Å². The fourth-order valence-corrected chi connectivity index (χ4v) is 4.36. The molecule has 0 amide bonds. The summed E-state index contributed by atoms with van der Waals surface area (Å²) >= 11 is 6.85. The maximum absolute atomic E-state index is 12.6. The van der Waals surface area contributed by atoms with E-state index in [1.807, 2.05) is 0 Å². The number of hydrogen-bond donors (Lipinski definition) is 1. The van der Waals surface area contributed by atoms with Crippen LogP contribution in [0.4, 0.5) is 19.0 Å². The van der Waals surface area contributed by atoms with Crippen molar-refractivity contribution in [1.82, 2.24) is 9.29 Å². The molecule has 2 aromatic heterocycles. The summed E-state index contributed by atoms with van der Waals surface area (Å²) in [6.07, 6.45) is -3.83. The second kappa shape index (κ2) is 6.87. The van der Waals surface area contributed by atoms with Gasteiger partial charge in [0.1, 0.15) is 10.0 Å². The number of sulfonamides is 1. The zero-order valence-electron chi connectivity index (χ0n) is 12.6. The number of thiophene rings is 1. The van der Waals surface area contributed by atoms with Crippen molar-refractivity contribution in [3.05, 3.63) is 39.9 Å². The highest BCUT2D eigenvalue weighted by molar-refractivity contribution is 7.91. The summed E-state index contributed by atoms with van der Waals surface area (Å²) in [4.78, 5) is 4.33. The molecule has 0 aliphatic heterocycles. The van der Waals surface area contributed by atoms with E-state index in [4.69, 9.17) is 11.6 Å². The Bertz CT molecular complexity index is 835. The quantitative estimate of drug-likeness (QED) is 0.833. The molecule has 11 heteroatoms. The maximum Gasteiger partial charge on any atom is 0.417 e. The number of nitrogens with one attached hydrogen (secondary N) is 1. The van der Waals surface area contributed by atoms with E-state index in [1.165, 1.54) is 20.2 Å². The normalized spacial score (nSPS) is 12.6. The van der Waals surface area contributed by atoms with Crippen molar-refractivity contribution in [3.8, 4) is 0 Å². The molecule has 0 aromatic carbocycles. The number of nitrogens with zero attached hydrogens (tertiary/aromatic N) is 2. The zero-order chi connectivity index (χ0) is 18.1. The number of pyridine rings is 1. The van der Waals surface area contributed by atoms with Gasteiger partial charge in [0, 0.05) is 25.2 Å². The van der Waals surface area contributed by atoms with Gasteiger partial charge in [-0.25, -0.2) is 17.7 Å². The minimum absolute atomic E-state index is 0.0927. The highest BCUT2D eigenvalue weighted by Crippen LogP contribution is 2.32. The zero-order valence-corrected chi connectivity index (χ0v) is 14.9. The van der Waals surface area contributed by atoms with Gasteiger partial charge in [-0.05, 0) is 18.2 Å². The summed E-state index contributed by atoms with van der Waals surface area (Å²) in [5.41, 5.74) is -0.937. The van der Waals surface area contributed by atoms with E-state index in [0.717, 1.165) is 21.7 Å². The van der Waals surface area contributed by atoms with Crippen LogP contribution in [-0.2, 0) is 22.7 Å². The minimum Gasteiger partial charge on any atom is -0.364 e. The van der Waals surface area contributed by atoms with Gasteiger partial charge in [0.05, 0.1) is 17.1 Å². The van der Waals surface area contributed by atoms with Gasteiger partial charge in [-0.3, -0.25) is 0 Å². The lowest BCUT2D eigenvalue weighted by molar-refractivity contribution is -0.137. The number of halogens is 4. The second-order valence-corrected chi connectivity index (χ2v) is 8.87. The Kier molecular flexibility index (Phi) is 5.43. The van der Waals surface area contributed by atoms with Crippen molar-refractivity contribution < 1.29 is 21.6 Å². The number of anilines is 1. The first-order chi connectivity index (χ1) is 11.0. The van der Waals surface area contributed by atoms with E-state index in [0.29, 0.717) is 11.1 Å². The largest absolute Gasteiger partial charge is 0.417 e.